The van der Waals surface area contributed by atoms with Crippen molar-refractivity contribution in [2.75, 3.05) is 20.1 Å². The Morgan fingerprint density at radius 1 is 1.30 bits per heavy atom. The number of halogens is 1. The van der Waals surface area contributed by atoms with Gasteiger partial charge < -0.3 is 5.32 Å². The minimum atomic E-state index is -3.44. The average molecular weight is 319 g/mol. The molecule has 0 saturated carbocycles. The molecule has 0 saturated heterocycles. The molecule has 1 rings (SSSR count). The van der Waals surface area contributed by atoms with Gasteiger partial charge in [-0.25, -0.2) is 12.7 Å². The average Bonchev–Trinajstić information content (AvgIpc) is 2.43. The van der Waals surface area contributed by atoms with Gasteiger partial charge in [-0.05, 0) is 30.7 Å². The molecular weight excluding hydrogens is 296 g/mol. The zero-order chi connectivity index (χ0) is 15.2. The number of hydrogen-bond donors (Lipinski definition) is 1. The van der Waals surface area contributed by atoms with E-state index in [2.05, 4.69) is 5.32 Å². The van der Waals surface area contributed by atoms with Gasteiger partial charge in [0.15, 0.2) is 0 Å². The number of hydrogen-bond acceptors (Lipinski definition) is 3. The summed E-state index contributed by atoms with van der Waals surface area (Å²) in [7, 11) is -1.84. The Morgan fingerprint density at radius 2 is 2.00 bits per heavy atom. The summed E-state index contributed by atoms with van der Waals surface area (Å²) in [5, 5.41) is 3.65. The molecule has 1 N–H and O–H groups in total. The van der Waals surface area contributed by atoms with Crippen molar-refractivity contribution < 1.29 is 8.42 Å². The summed E-state index contributed by atoms with van der Waals surface area (Å²) in [4.78, 5) is 0.251. The summed E-state index contributed by atoms with van der Waals surface area (Å²) in [6, 6.07) is 4.92. The van der Waals surface area contributed by atoms with Crippen molar-refractivity contribution in [2.24, 2.45) is 0 Å². The third-order valence-electron chi connectivity index (χ3n) is 3.12. The first-order chi connectivity index (χ1) is 9.43. The van der Waals surface area contributed by atoms with Crippen LogP contribution in [-0.4, -0.2) is 32.9 Å². The molecule has 0 aliphatic rings. The van der Waals surface area contributed by atoms with E-state index in [9.17, 15) is 8.42 Å². The summed E-state index contributed by atoms with van der Waals surface area (Å²) in [5.41, 5.74) is 0.906. The van der Waals surface area contributed by atoms with Crippen molar-refractivity contribution in [2.45, 2.75) is 38.1 Å². The Kier molecular flexibility index (Phi) is 6.95. The maximum Gasteiger partial charge on any atom is 0.242 e. The van der Waals surface area contributed by atoms with Crippen LogP contribution in [0.25, 0.3) is 0 Å². The molecule has 0 radical (unpaired) electrons. The lowest BCUT2D eigenvalue weighted by Crippen LogP contribution is -2.28. The third-order valence-corrected chi connectivity index (χ3v) is 5.33. The largest absolute Gasteiger partial charge is 0.313 e. The SMILES string of the molecule is CCCCN(C)S(=O)(=O)c1ccc(CNCC)c(Cl)c1. The van der Waals surface area contributed by atoms with E-state index < -0.39 is 10.0 Å². The summed E-state index contributed by atoms with van der Waals surface area (Å²) in [5.74, 6) is 0. The fourth-order valence-electron chi connectivity index (χ4n) is 1.77. The molecule has 0 spiro atoms. The molecule has 0 aliphatic heterocycles. The molecule has 0 heterocycles. The first-order valence-corrected chi connectivity index (χ1v) is 8.70. The van der Waals surface area contributed by atoms with Gasteiger partial charge >= 0.3 is 0 Å². The van der Waals surface area contributed by atoms with Crippen molar-refractivity contribution in [3.05, 3.63) is 28.8 Å². The van der Waals surface area contributed by atoms with Gasteiger partial charge in [0.1, 0.15) is 0 Å². The number of nitrogens with zero attached hydrogens (tertiary/aromatic N) is 1. The Labute approximate surface area is 127 Å². The van der Waals surface area contributed by atoms with Crippen molar-refractivity contribution in [3.8, 4) is 0 Å². The van der Waals surface area contributed by atoms with Crippen LogP contribution in [-0.2, 0) is 16.6 Å². The molecule has 0 bridgehead atoms. The quantitative estimate of drug-likeness (QED) is 0.802. The Bertz CT molecular complexity index is 532. The van der Waals surface area contributed by atoms with Gasteiger partial charge in [-0.1, -0.05) is 37.9 Å². The third kappa shape index (κ3) is 4.45. The van der Waals surface area contributed by atoms with E-state index in [-0.39, 0.29) is 4.90 Å². The molecular formula is C14H23ClN2O2S. The lowest BCUT2D eigenvalue weighted by atomic mass is 10.2. The van der Waals surface area contributed by atoms with E-state index >= 15 is 0 Å². The van der Waals surface area contributed by atoms with Gasteiger partial charge in [-0.3, -0.25) is 0 Å². The highest BCUT2D eigenvalue weighted by atomic mass is 35.5. The lowest BCUT2D eigenvalue weighted by Gasteiger charge is -2.17. The Balaban J connectivity index is 2.93. The molecule has 20 heavy (non-hydrogen) atoms. The second-order valence-electron chi connectivity index (χ2n) is 4.71. The normalized spacial score (nSPS) is 12.1. The topological polar surface area (TPSA) is 49.4 Å². The number of sulfonamides is 1. The molecule has 6 heteroatoms. The van der Waals surface area contributed by atoms with E-state index in [1.807, 2.05) is 13.8 Å². The Hall–Kier alpha value is -0.620. The molecule has 0 aliphatic carbocycles. The van der Waals surface area contributed by atoms with Crippen LogP contribution in [0, 0.1) is 0 Å². The predicted octanol–water partition coefficient (Wildman–Crippen LogP) is 2.87. The lowest BCUT2D eigenvalue weighted by molar-refractivity contribution is 0.459. The van der Waals surface area contributed by atoms with Crippen LogP contribution in [0.15, 0.2) is 23.1 Å². The maximum atomic E-state index is 12.4. The van der Waals surface area contributed by atoms with Crippen LogP contribution in [0.5, 0.6) is 0 Å². The maximum absolute atomic E-state index is 12.4. The number of nitrogens with one attached hydrogen (secondary N) is 1. The highest BCUT2D eigenvalue weighted by molar-refractivity contribution is 7.89. The van der Waals surface area contributed by atoms with Gasteiger partial charge in [0.25, 0.3) is 0 Å². The van der Waals surface area contributed by atoms with E-state index in [1.165, 1.54) is 10.4 Å². The highest BCUT2D eigenvalue weighted by Gasteiger charge is 2.21. The van der Waals surface area contributed by atoms with Crippen LogP contribution >= 0.6 is 11.6 Å². The van der Waals surface area contributed by atoms with Crippen LogP contribution in [0.3, 0.4) is 0 Å². The first-order valence-electron chi connectivity index (χ1n) is 6.89. The summed E-state index contributed by atoms with van der Waals surface area (Å²) < 4.78 is 26.1. The first kappa shape index (κ1) is 17.4. The van der Waals surface area contributed by atoms with E-state index in [0.29, 0.717) is 18.1 Å². The highest BCUT2D eigenvalue weighted by Crippen LogP contribution is 2.23. The number of benzene rings is 1. The molecule has 1 aromatic carbocycles. The molecule has 0 amide bonds. The molecule has 0 atom stereocenters. The number of rotatable bonds is 8. The molecule has 0 fully saturated rings. The molecule has 1 aromatic rings. The van der Waals surface area contributed by atoms with E-state index in [4.69, 9.17) is 11.6 Å². The fraction of sp³-hybridized carbons (Fsp3) is 0.571. The van der Waals surface area contributed by atoms with Gasteiger partial charge in [0, 0.05) is 25.2 Å². The minimum Gasteiger partial charge on any atom is -0.313 e. The van der Waals surface area contributed by atoms with Crippen molar-refractivity contribution in [3.63, 3.8) is 0 Å². The van der Waals surface area contributed by atoms with E-state index in [0.717, 1.165) is 24.9 Å². The van der Waals surface area contributed by atoms with Crippen molar-refractivity contribution in [1.29, 1.82) is 0 Å². The van der Waals surface area contributed by atoms with Crippen LogP contribution in [0.2, 0.25) is 5.02 Å². The molecule has 0 aromatic heterocycles. The minimum absolute atomic E-state index is 0.251. The summed E-state index contributed by atoms with van der Waals surface area (Å²) in [6.07, 6.45) is 1.81. The van der Waals surface area contributed by atoms with Gasteiger partial charge in [-0.2, -0.15) is 0 Å². The van der Waals surface area contributed by atoms with E-state index in [1.54, 1.807) is 19.2 Å². The second-order valence-corrected chi connectivity index (χ2v) is 7.17. The monoisotopic (exact) mass is 318 g/mol. The zero-order valence-electron chi connectivity index (χ0n) is 12.3. The zero-order valence-corrected chi connectivity index (χ0v) is 13.9. The summed E-state index contributed by atoms with van der Waals surface area (Å²) in [6.45, 7) is 6.05. The van der Waals surface area contributed by atoms with Gasteiger partial charge in [0.2, 0.25) is 10.0 Å². The molecule has 0 unspecified atom stereocenters. The smallest absolute Gasteiger partial charge is 0.242 e. The van der Waals surface area contributed by atoms with Crippen LogP contribution in [0.4, 0.5) is 0 Å². The van der Waals surface area contributed by atoms with Gasteiger partial charge in [-0.15, -0.1) is 0 Å². The molecule has 4 nitrogen and oxygen atoms in total. The van der Waals surface area contributed by atoms with Crippen molar-refractivity contribution in [1.82, 2.24) is 9.62 Å². The van der Waals surface area contributed by atoms with Crippen molar-refractivity contribution >= 4 is 21.6 Å². The predicted molar refractivity (Wildman–Crippen MR) is 83.6 cm³/mol. The molecule has 114 valence electrons. The summed E-state index contributed by atoms with van der Waals surface area (Å²) >= 11 is 6.16. The second kappa shape index (κ2) is 7.98. The Morgan fingerprint density at radius 3 is 2.55 bits per heavy atom. The van der Waals surface area contributed by atoms with Gasteiger partial charge in [0.05, 0.1) is 4.90 Å². The standard InChI is InChI=1S/C14H23ClN2O2S/c1-4-6-9-17(3)20(18,19)13-8-7-12(11-16-5-2)14(15)10-13/h7-8,10,16H,4-6,9,11H2,1-3H3. The van der Waals surface area contributed by atoms with Crippen LogP contribution < -0.4 is 5.32 Å². The fourth-order valence-corrected chi connectivity index (χ4v) is 3.32. The van der Waals surface area contributed by atoms with Crippen LogP contribution in [0.1, 0.15) is 32.3 Å². The number of unbranched alkanes of at least 4 members (excludes halogenated alkanes) is 1.